The summed E-state index contributed by atoms with van der Waals surface area (Å²) >= 11 is 0. The average Bonchev–Trinajstić information content (AvgIpc) is 2.68. The molecule has 0 radical (unpaired) electrons. The van der Waals surface area contributed by atoms with Gasteiger partial charge in [-0.1, -0.05) is 78.1 Å². The Kier molecular flexibility index (Phi) is 6.31. The topological polar surface area (TPSA) is 0 Å². The fraction of sp³-hybridized carbons (Fsp3) is 1.00. The minimum Gasteiger partial charge on any atom is -0.0654 e. The van der Waals surface area contributed by atoms with Crippen molar-refractivity contribution in [1.29, 1.82) is 0 Å². The summed E-state index contributed by atoms with van der Waals surface area (Å²) in [5.41, 5.74) is 0. The van der Waals surface area contributed by atoms with E-state index in [0.717, 1.165) is 11.8 Å². The lowest BCUT2D eigenvalue weighted by atomic mass is 9.92. The molecule has 1 unspecified atom stereocenters. The van der Waals surface area contributed by atoms with Gasteiger partial charge in [0, 0.05) is 0 Å². The molecule has 0 heterocycles. The number of unbranched alkanes of at least 4 members (excludes halogenated alkanes) is 2. The van der Waals surface area contributed by atoms with Crippen LogP contribution in [0.5, 0.6) is 0 Å². The van der Waals surface area contributed by atoms with Gasteiger partial charge in [0.15, 0.2) is 0 Å². The molecule has 0 bridgehead atoms. The van der Waals surface area contributed by atoms with Crippen molar-refractivity contribution in [3.63, 3.8) is 0 Å². The molecule has 0 heteroatoms. The van der Waals surface area contributed by atoms with Gasteiger partial charge in [-0.05, 0) is 11.8 Å². The van der Waals surface area contributed by atoms with Gasteiger partial charge in [-0.25, -0.2) is 0 Å². The molecule has 1 atom stereocenters. The zero-order chi connectivity index (χ0) is 10.2. The quantitative estimate of drug-likeness (QED) is 0.493. The zero-order valence-electron chi connectivity index (χ0n) is 10.2. The summed E-state index contributed by atoms with van der Waals surface area (Å²) in [5.74, 6) is 2.09. The third-order valence-corrected chi connectivity index (χ3v) is 3.84. The van der Waals surface area contributed by atoms with Gasteiger partial charge < -0.3 is 0 Å². The first-order chi connectivity index (χ1) is 6.83. The zero-order valence-corrected chi connectivity index (χ0v) is 10.2. The Morgan fingerprint density at radius 1 is 1.07 bits per heavy atom. The first-order valence-electron chi connectivity index (χ1n) is 6.83. The van der Waals surface area contributed by atoms with E-state index in [1.165, 1.54) is 64.2 Å². The van der Waals surface area contributed by atoms with Crippen molar-refractivity contribution >= 4 is 0 Å². The third-order valence-electron chi connectivity index (χ3n) is 3.84. The maximum atomic E-state index is 2.45. The molecule has 0 aromatic carbocycles. The molecule has 0 aromatic rings. The van der Waals surface area contributed by atoms with Crippen LogP contribution in [0.25, 0.3) is 0 Å². The van der Waals surface area contributed by atoms with Crippen LogP contribution < -0.4 is 0 Å². The largest absolute Gasteiger partial charge is 0.0654 e. The van der Waals surface area contributed by atoms with Gasteiger partial charge in [-0.3, -0.25) is 0 Å². The van der Waals surface area contributed by atoms with Crippen LogP contribution in [-0.4, -0.2) is 0 Å². The smallest absolute Gasteiger partial charge is 0.0414 e. The van der Waals surface area contributed by atoms with Crippen molar-refractivity contribution in [2.45, 2.75) is 78.1 Å². The number of hydrogen-bond acceptors (Lipinski definition) is 0. The molecule has 0 nitrogen and oxygen atoms in total. The van der Waals surface area contributed by atoms with E-state index in [0.29, 0.717) is 0 Å². The van der Waals surface area contributed by atoms with Crippen molar-refractivity contribution in [3.05, 3.63) is 0 Å². The van der Waals surface area contributed by atoms with Gasteiger partial charge in [-0.2, -0.15) is 0 Å². The summed E-state index contributed by atoms with van der Waals surface area (Å²) in [4.78, 5) is 0. The van der Waals surface area contributed by atoms with Crippen molar-refractivity contribution < 1.29 is 0 Å². The summed E-state index contributed by atoms with van der Waals surface area (Å²) in [5, 5.41) is 0. The normalized spacial score (nSPS) is 20.1. The van der Waals surface area contributed by atoms with E-state index in [1.807, 2.05) is 0 Å². The molecule has 1 aliphatic carbocycles. The van der Waals surface area contributed by atoms with E-state index in [9.17, 15) is 0 Å². The van der Waals surface area contributed by atoms with E-state index in [2.05, 4.69) is 13.8 Å². The van der Waals surface area contributed by atoms with Crippen molar-refractivity contribution in [1.82, 2.24) is 0 Å². The standard InChI is InChI=1S/C14H28/c1-3-4-5-8-13(2)11-12-14-9-6-7-10-14/h13-14H,3-12H2,1-2H3. The predicted octanol–water partition coefficient (Wildman–Crippen LogP) is 5.17. The SMILES string of the molecule is CCCCCC(C)CCC1CCCC1. The Bertz CT molecular complexity index is 122. The predicted molar refractivity (Wildman–Crippen MR) is 64.5 cm³/mol. The van der Waals surface area contributed by atoms with E-state index in [-0.39, 0.29) is 0 Å². The molecular weight excluding hydrogens is 168 g/mol. The van der Waals surface area contributed by atoms with Crippen LogP contribution in [0.2, 0.25) is 0 Å². The molecule has 1 aliphatic rings. The van der Waals surface area contributed by atoms with Gasteiger partial charge >= 0.3 is 0 Å². The van der Waals surface area contributed by atoms with Gasteiger partial charge in [0.25, 0.3) is 0 Å². The lowest BCUT2D eigenvalue weighted by Gasteiger charge is -2.14. The summed E-state index contributed by atoms with van der Waals surface area (Å²) in [6.07, 6.45) is 14.8. The Labute approximate surface area is 90.5 Å². The van der Waals surface area contributed by atoms with Gasteiger partial charge in [0.05, 0.1) is 0 Å². The highest BCUT2D eigenvalue weighted by Crippen LogP contribution is 2.30. The molecule has 0 aliphatic heterocycles. The van der Waals surface area contributed by atoms with E-state index >= 15 is 0 Å². The van der Waals surface area contributed by atoms with Crippen LogP contribution in [0, 0.1) is 11.8 Å². The second kappa shape index (κ2) is 7.31. The maximum Gasteiger partial charge on any atom is -0.0414 e. The average molecular weight is 196 g/mol. The second-order valence-corrected chi connectivity index (χ2v) is 5.33. The molecule has 1 fully saturated rings. The van der Waals surface area contributed by atoms with E-state index in [4.69, 9.17) is 0 Å². The summed E-state index contributed by atoms with van der Waals surface area (Å²) in [7, 11) is 0. The summed E-state index contributed by atoms with van der Waals surface area (Å²) < 4.78 is 0. The van der Waals surface area contributed by atoms with Crippen LogP contribution in [-0.2, 0) is 0 Å². The minimum absolute atomic E-state index is 0.988. The number of hydrogen-bond donors (Lipinski definition) is 0. The van der Waals surface area contributed by atoms with Crippen LogP contribution >= 0.6 is 0 Å². The fourth-order valence-corrected chi connectivity index (χ4v) is 2.71. The molecule has 1 rings (SSSR count). The van der Waals surface area contributed by atoms with Gasteiger partial charge in [0.1, 0.15) is 0 Å². The lowest BCUT2D eigenvalue weighted by Crippen LogP contribution is -2.00. The van der Waals surface area contributed by atoms with Crippen LogP contribution in [0.3, 0.4) is 0 Å². The molecule has 0 saturated heterocycles. The third kappa shape index (κ3) is 5.02. The first-order valence-corrected chi connectivity index (χ1v) is 6.83. The van der Waals surface area contributed by atoms with Crippen molar-refractivity contribution in [2.24, 2.45) is 11.8 Å². The fourth-order valence-electron chi connectivity index (χ4n) is 2.71. The highest BCUT2D eigenvalue weighted by molar-refractivity contribution is 4.68. The van der Waals surface area contributed by atoms with E-state index < -0.39 is 0 Å². The second-order valence-electron chi connectivity index (χ2n) is 5.33. The summed E-state index contributed by atoms with van der Waals surface area (Å²) in [6.45, 7) is 4.74. The van der Waals surface area contributed by atoms with Crippen LogP contribution in [0.4, 0.5) is 0 Å². The minimum atomic E-state index is 0.988. The Morgan fingerprint density at radius 2 is 1.79 bits per heavy atom. The molecule has 0 aromatic heterocycles. The maximum absolute atomic E-state index is 2.45. The van der Waals surface area contributed by atoms with Gasteiger partial charge in [0.2, 0.25) is 0 Å². The lowest BCUT2D eigenvalue weighted by molar-refractivity contribution is 0.390. The molecule has 1 saturated carbocycles. The molecule has 0 spiro atoms. The Morgan fingerprint density at radius 3 is 2.43 bits per heavy atom. The van der Waals surface area contributed by atoms with Crippen molar-refractivity contribution in [2.75, 3.05) is 0 Å². The van der Waals surface area contributed by atoms with E-state index in [1.54, 1.807) is 0 Å². The van der Waals surface area contributed by atoms with Crippen LogP contribution in [0.1, 0.15) is 78.1 Å². The van der Waals surface area contributed by atoms with Crippen molar-refractivity contribution in [3.8, 4) is 0 Å². The Hall–Kier alpha value is 0. The molecule has 14 heavy (non-hydrogen) atoms. The summed E-state index contributed by atoms with van der Waals surface area (Å²) in [6, 6.07) is 0. The highest BCUT2D eigenvalue weighted by Gasteiger charge is 2.15. The molecule has 84 valence electrons. The number of rotatable bonds is 7. The Balaban J connectivity index is 1.93. The first kappa shape index (κ1) is 12.1. The highest BCUT2D eigenvalue weighted by atomic mass is 14.2. The molecule has 0 amide bonds. The van der Waals surface area contributed by atoms with Crippen LogP contribution in [0.15, 0.2) is 0 Å². The van der Waals surface area contributed by atoms with Gasteiger partial charge in [-0.15, -0.1) is 0 Å². The molecule has 0 N–H and O–H groups in total. The monoisotopic (exact) mass is 196 g/mol. The molecular formula is C14H28.